The van der Waals surface area contributed by atoms with Crippen molar-refractivity contribution in [3.05, 3.63) is 59.7 Å². The highest BCUT2D eigenvalue weighted by Gasteiger charge is 2.26. The van der Waals surface area contributed by atoms with E-state index >= 15 is 0 Å². The van der Waals surface area contributed by atoms with Crippen LogP contribution < -0.4 is 19.9 Å². The summed E-state index contributed by atoms with van der Waals surface area (Å²) >= 11 is 0. The maximum absolute atomic E-state index is 12.7. The van der Waals surface area contributed by atoms with Crippen LogP contribution in [0.4, 0.5) is 5.69 Å². The Hall–Kier alpha value is -2.37. The quantitative estimate of drug-likeness (QED) is 0.737. The Morgan fingerprint density at radius 2 is 1.92 bits per heavy atom. The molecule has 5 nitrogen and oxygen atoms in total. The number of hydrogen-bond acceptors (Lipinski definition) is 2. The van der Waals surface area contributed by atoms with Gasteiger partial charge < -0.3 is 19.9 Å². The highest BCUT2D eigenvalue weighted by atomic mass is 16.5. The molecule has 1 amide bonds. The Morgan fingerprint density at radius 3 is 2.62 bits per heavy atom. The van der Waals surface area contributed by atoms with Crippen molar-refractivity contribution in [2.45, 2.75) is 12.5 Å². The maximum atomic E-state index is 12.7. The van der Waals surface area contributed by atoms with E-state index in [9.17, 15) is 4.79 Å². The number of nitrogens with one attached hydrogen (secondary N) is 1. The first-order chi connectivity index (χ1) is 12.6. The van der Waals surface area contributed by atoms with Gasteiger partial charge >= 0.3 is 0 Å². The SMILES string of the molecule is COc1ccc([C@@H](C[NH2+]CC(=O)N2CCc3ccccc32)[NH+](C)C)cc1. The Labute approximate surface area is 155 Å². The Balaban J connectivity index is 1.57. The summed E-state index contributed by atoms with van der Waals surface area (Å²) in [5.41, 5.74) is 3.62. The number of amides is 1. The zero-order chi connectivity index (χ0) is 18.5. The molecule has 1 aliphatic heterocycles. The highest BCUT2D eigenvalue weighted by molar-refractivity contribution is 5.96. The molecule has 0 saturated carbocycles. The zero-order valence-corrected chi connectivity index (χ0v) is 15.9. The molecule has 2 aromatic rings. The summed E-state index contributed by atoms with van der Waals surface area (Å²) in [5.74, 6) is 1.06. The van der Waals surface area contributed by atoms with E-state index in [0.29, 0.717) is 12.6 Å². The number of fused-ring (bicyclic) bond motifs is 1. The van der Waals surface area contributed by atoms with Gasteiger partial charge in [-0.3, -0.25) is 4.79 Å². The molecule has 26 heavy (non-hydrogen) atoms. The molecule has 138 valence electrons. The van der Waals surface area contributed by atoms with Gasteiger partial charge in [0, 0.05) is 17.8 Å². The normalized spacial score (nSPS) is 14.4. The minimum atomic E-state index is 0.192. The van der Waals surface area contributed by atoms with E-state index in [1.54, 1.807) is 7.11 Å². The van der Waals surface area contributed by atoms with Gasteiger partial charge in [-0.15, -0.1) is 0 Å². The number of methoxy groups -OCH3 is 1. The number of nitrogens with two attached hydrogens (primary N) is 1. The molecule has 1 heterocycles. The lowest BCUT2D eigenvalue weighted by Crippen LogP contribution is -3.09. The van der Waals surface area contributed by atoms with Gasteiger partial charge in [-0.05, 0) is 42.3 Å². The van der Waals surface area contributed by atoms with E-state index in [1.807, 2.05) is 35.2 Å². The zero-order valence-electron chi connectivity index (χ0n) is 15.9. The van der Waals surface area contributed by atoms with Crippen LogP contribution in [-0.2, 0) is 11.2 Å². The topological polar surface area (TPSA) is 50.6 Å². The van der Waals surface area contributed by atoms with Gasteiger partial charge in [0.15, 0.2) is 12.6 Å². The number of hydrogen-bond donors (Lipinski definition) is 2. The van der Waals surface area contributed by atoms with Gasteiger partial charge in [-0.2, -0.15) is 0 Å². The number of quaternary nitrogens is 2. The molecule has 0 aliphatic carbocycles. The lowest BCUT2D eigenvalue weighted by molar-refractivity contribution is -0.908. The van der Waals surface area contributed by atoms with Crippen LogP contribution in [-0.4, -0.2) is 46.7 Å². The highest BCUT2D eigenvalue weighted by Crippen LogP contribution is 2.27. The van der Waals surface area contributed by atoms with Crippen molar-refractivity contribution in [2.24, 2.45) is 0 Å². The van der Waals surface area contributed by atoms with Gasteiger partial charge in [-0.1, -0.05) is 18.2 Å². The van der Waals surface area contributed by atoms with Crippen molar-refractivity contribution in [1.29, 1.82) is 0 Å². The van der Waals surface area contributed by atoms with E-state index in [2.05, 4.69) is 37.6 Å². The Morgan fingerprint density at radius 1 is 1.19 bits per heavy atom. The third-order valence-electron chi connectivity index (χ3n) is 5.12. The fraction of sp³-hybridized carbons (Fsp3) is 0.381. The number of nitrogens with zero attached hydrogens (tertiary/aromatic N) is 1. The maximum Gasteiger partial charge on any atom is 0.282 e. The number of carbonyl (C=O) groups excluding carboxylic acids is 1. The molecule has 0 radical (unpaired) electrons. The molecule has 3 N–H and O–H groups in total. The minimum absolute atomic E-state index is 0.192. The molecule has 0 aromatic heterocycles. The predicted octanol–water partition coefficient (Wildman–Crippen LogP) is 0.0335. The van der Waals surface area contributed by atoms with Gasteiger partial charge in [0.25, 0.3) is 5.91 Å². The first kappa shape index (κ1) is 18.4. The average Bonchev–Trinajstić information content (AvgIpc) is 3.09. The monoisotopic (exact) mass is 355 g/mol. The smallest absolute Gasteiger partial charge is 0.282 e. The second-order valence-electron chi connectivity index (χ2n) is 7.06. The molecule has 0 spiro atoms. The summed E-state index contributed by atoms with van der Waals surface area (Å²) in [6, 6.07) is 16.8. The molecule has 1 aliphatic rings. The van der Waals surface area contributed by atoms with Crippen LogP contribution in [0.3, 0.4) is 0 Å². The molecule has 0 unspecified atom stereocenters. The van der Waals surface area contributed by atoms with Crippen molar-refractivity contribution in [3.63, 3.8) is 0 Å². The molecular formula is C21H29N3O2+2. The van der Waals surface area contributed by atoms with E-state index in [1.165, 1.54) is 16.0 Å². The van der Waals surface area contributed by atoms with E-state index < -0.39 is 0 Å². The van der Waals surface area contributed by atoms with Gasteiger partial charge in [0.1, 0.15) is 12.3 Å². The lowest BCUT2D eigenvalue weighted by atomic mass is 10.1. The van der Waals surface area contributed by atoms with Crippen LogP contribution in [0.15, 0.2) is 48.5 Å². The van der Waals surface area contributed by atoms with Crippen LogP contribution >= 0.6 is 0 Å². The molecule has 0 saturated heterocycles. The van der Waals surface area contributed by atoms with Crippen LogP contribution in [0.25, 0.3) is 0 Å². The van der Waals surface area contributed by atoms with Gasteiger partial charge in [0.2, 0.25) is 0 Å². The third kappa shape index (κ3) is 4.06. The summed E-state index contributed by atoms with van der Waals surface area (Å²) in [5, 5.41) is 2.13. The Bertz CT molecular complexity index is 743. The number of rotatable bonds is 7. The second-order valence-corrected chi connectivity index (χ2v) is 7.06. The Kier molecular flexibility index (Phi) is 5.91. The van der Waals surface area contributed by atoms with Crippen molar-refractivity contribution in [1.82, 2.24) is 0 Å². The lowest BCUT2D eigenvalue weighted by Gasteiger charge is -2.21. The van der Waals surface area contributed by atoms with E-state index in [-0.39, 0.29) is 5.91 Å². The standard InChI is InChI=1S/C21H27N3O2/c1-23(2)20(17-8-10-18(26-3)11-9-17)14-22-15-21(25)24-13-12-16-6-4-5-7-19(16)24/h4-11,20,22H,12-15H2,1-3H3/p+2/t20-/m1/s1. The molecule has 0 fully saturated rings. The third-order valence-corrected chi connectivity index (χ3v) is 5.12. The number of para-hydroxylation sites is 1. The number of ether oxygens (including phenoxy) is 1. The van der Waals surface area contributed by atoms with E-state index in [4.69, 9.17) is 4.74 Å². The summed E-state index contributed by atoms with van der Waals surface area (Å²) in [7, 11) is 5.99. The number of anilines is 1. The van der Waals surface area contributed by atoms with Crippen molar-refractivity contribution in [3.8, 4) is 5.75 Å². The fourth-order valence-corrected chi connectivity index (χ4v) is 3.62. The van der Waals surface area contributed by atoms with Crippen molar-refractivity contribution < 1.29 is 19.7 Å². The van der Waals surface area contributed by atoms with Crippen molar-refractivity contribution in [2.75, 3.05) is 45.7 Å². The summed E-state index contributed by atoms with van der Waals surface area (Å²) in [4.78, 5) is 15.9. The van der Waals surface area contributed by atoms with E-state index in [0.717, 1.165) is 30.9 Å². The van der Waals surface area contributed by atoms with Crippen LogP contribution in [0.5, 0.6) is 5.75 Å². The van der Waals surface area contributed by atoms with Crippen LogP contribution in [0, 0.1) is 0 Å². The summed E-state index contributed by atoms with van der Waals surface area (Å²) < 4.78 is 5.24. The fourth-order valence-electron chi connectivity index (χ4n) is 3.62. The molecule has 0 bridgehead atoms. The first-order valence-electron chi connectivity index (χ1n) is 9.24. The summed E-state index contributed by atoms with van der Waals surface area (Å²) in [6.07, 6.45) is 0.957. The second kappa shape index (κ2) is 8.34. The number of carbonyl (C=O) groups is 1. The van der Waals surface area contributed by atoms with Gasteiger partial charge in [0.05, 0.1) is 21.2 Å². The van der Waals surface area contributed by atoms with Crippen LogP contribution in [0.1, 0.15) is 17.2 Å². The number of likely N-dealkylation sites (N-methyl/N-ethyl adjacent to an activating group) is 1. The molecular weight excluding hydrogens is 326 g/mol. The molecule has 3 rings (SSSR count). The molecule has 5 heteroatoms. The molecule has 2 aromatic carbocycles. The molecule has 1 atom stereocenters. The average molecular weight is 355 g/mol. The van der Waals surface area contributed by atoms with Gasteiger partial charge in [-0.25, -0.2) is 0 Å². The summed E-state index contributed by atoms with van der Waals surface area (Å²) in [6.45, 7) is 2.15. The largest absolute Gasteiger partial charge is 0.497 e. The van der Waals surface area contributed by atoms with Crippen LogP contribution in [0.2, 0.25) is 0 Å². The first-order valence-corrected chi connectivity index (χ1v) is 9.24. The predicted molar refractivity (Wildman–Crippen MR) is 103 cm³/mol. The minimum Gasteiger partial charge on any atom is -0.497 e. The van der Waals surface area contributed by atoms with Crippen molar-refractivity contribution >= 4 is 11.6 Å². The number of benzene rings is 2.